The minimum absolute atomic E-state index is 0. The average molecular weight is 448 g/mol. The molecule has 0 atom stereocenters. The molecule has 0 aromatic heterocycles. The number of rotatable bonds is 7. The first kappa shape index (κ1) is 21.2. The molecular weight excluding hydrogens is 418 g/mol. The van der Waals surface area contributed by atoms with Gasteiger partial charge in [0.1, 0.15) is 5.82 Å². The van der Waals surface area contributed by atoms with Gasteiger partial charge in [-0.1, -0.05) is 24.6 Å². The number of nitrogens with zero attached hydrogens (tertiary/aromatic N) is 2. The van der Waals surface area contributed by atoms with Crippen molar-refractivity contribution in [3.8, 4) is 0 Å². The van der Waals surface area contributed by atoms with Crippen LogP contribution in [0.3, 0.4) is 0 Å². The van der Waals surface area contributed by atoms with E-state index in [1.807, 2.05) is 12.1 Å². The summed E-state index contributed by atoms with van der Waals surface area (Å²) >= 11 is 0. The van der Waals surface area contributed by atoms with E-state index in [9.17, 15) is 4.39 Å². The summed E-state index contributed by atoms with van der Waals surface area (Å²) in [7, 11) is 0. The maximum Gasteiger partial charge on any atom is 0.191 e. The first-order chi connectivity index (χ1) is 11.3. The fraction of sp³-hybridized carbons (Fsp3) is 0.611. The summed E-state index contributed by atoms with van der Waals surface area (Å²) in [5.74, 6) is 0.683. The van der Waals surface area contributed by atoms with E-state index in [-0.39, 0.29) is 29.8 Å². The van der Waals surface area contributed by atoms with E-state index >= 15 is 0 Å². The van der Waals surface area contributed by atoms with Gasteiger partial charge in [-0.15, -0.1) is 24.0 Å². The van der Waals surface area contributed by atoms with Gasteiger partial charge in [0.15, 0.2) is 5.96 Å². The van der Waals surface area contributed by atoms with Gasteiger partial charge in [0.25, 0.3) is 0 Å². The number of hydrogen-bond acceptors (Lipinski definition) is 2. The molecule has 1 aromatic rings. The number of guanidine groups is 1. The Morgan fingerprint density at radius 2 is 1.92 bits per heavy atom. The lowest BCUT2D eigenvalue weighted by Crippen LogP contribution is -2.39. The van der Waals surface area contributed by atoms with E-state index in [4.69, 9.17) is 0 Å². The third-order valence-corrected chi connectivity index (χ3v) is 4.12. The second-order valence-corrected chi connectivity index (χ2v) is 5.93. The molecule has 0 amide bonds. The molecule has 4 nitrogen and oxygen atoms in total. The fourth-order valence-electron chi connectivity index (χ4n) is 2.84. The van der Waals surface area contributed by atoms with Crippen molar-refractivity contribution in [1.29, 1.82) is 0 Å². The molecular formula is C18H30FIN4. The number of benzene rings is 1. The van der Waals surface area contributed by atoms with E-state index in [0.29, 0.717) is 13.0 Å². The number of likely N-dealkylation sites (tertiary alicyclic amines) is 1. The van der Waals surface area contributed by atoms with Crippen LogP contribution in [-0.4, -0.2) is 50.1 Å². The van der Waals surface area contributed by atoms with Crippen LogP contribution >= 0.6 is 24.0 Å². The molecule has 0 unspecified atom stereocenters. The van der Waals surface area contributed by atoms with Crippen LogP contribution in [0.15, 0.2) is 29.3 Å². The molecule has 1 saturated heterocycles. The van der Waals surface area contributed by atoms with Gasteiger partial charge in [0.05, 0.1) is 6.54 Å². The molecule has 6 heteroatoms. The summed E-state index contributed by atoms with van der Waals surface area (Å²) in [5.41, 5.74) is 0.740. The number of halogens is 2. The minimum atomic E-state index is -0.138. The van der Waals surface area contributed by atoms with Crippen molar-refractivity contribution in [3.05, 3.63) is 35.6 Å². The third-order valence-electron chi connectivity index (χ3n) is 4.12. The highest BCUT2D eigenvalue weighted by molar-refractivity contribution is 14.0. The smallest absolute Gasteiger partial charge is 0.191 e. The second kappa shape index (κ2) is 12.5. The second-order valence-electron chi connectivity index (χ2n) is 5.93. The summed E-state index contributed by atoms with van der Waals surface area (Å²) in [6.07, 6.45) is 4.64. The molecule has 24 heavy (non-hydrogen) atoms. The molecule has 0 bridgehead atoms. The van der Waals surface area contributed by atoms with Gasteiger partial charge in [-0.25, -0.2) is 4.39 Å². The van der Waals surface area contributed by atoms with Crippen LogP contribution in [-0.2, 0) is 6.42 Å². The molecule has 2 N–H and O–H groups in total. The van der Waals surface area contributed by atoms with Crippen molar-refractivity contribution in [2.45, 2.75) is 32.6 Å². The zero-order chi connectivity index (χ0) is 16.3. The van der Waals surface area contributed by atoms with Gasteiger partial charge in [-0.2, -0.15) is 0 Å². The quantitative estimate of drug-likeness (QED) is 0.383. The largest absolute Gasteiger partial charge is 0.357 e. The number of aliphatic imine (C=N–C) groups is 1. The van der Waals surface area contributed by atoms with Crippen LogP contribution < -0.4 is 10.6 Å². The predicted octanol–water partition coefficient (Wildman–Crippen LogP) is 3.03. The lowest BCUT2D eigenvalue weighted by molar-refractivity contribution is 0.235. The Morgan fingerprint density at radius 1 is 1.17 bits per heavy atom. The van der Waals surface area contributed by atoms with Crippen molar-refractivity contribution in [3.63, 3.8) is 0 Å². The first-order valence-corrected chi connectivity index (χ1v) is 8.77. The maximum atomic E-state index is 13.6. The Balaban J connectivity index is 0.00000288. The highest BCUT2D eigenvalue weighted by Gasteiger charge is 2.09. The molecule has 1 aliphatic rings. The number of nitrogens with one attached hydrogen (secondary N) is 2. The van der Waals surface area contributed by atoms with Crippen molar-refractivity contribution in [1.82, 2.24) is 15.5 Å². The molecule has 2 rings (SSSR count). The van der Waals surface area contributed by atoms with Gasteiger partial charge in [-0.3, -0.25) is 4.99 Å². The van der Waals surface area contributed by atoms with Crippen LogP contribution in [0.4, 0.5) is 4.39 Å². The molecule has 136 valence electrons. The Labute approximate surface area is 162 Å². The summed E-state index contributed by atoms with van der Waals surface area (Å²) < 4.78 is 13.6. The molecule has 0 saturated carbocycles. The predicted molar refractivity (Wildman–Crippen MR) is 110 cm³/mol. The van der Waals surface area contributed by atoms with Crippen molar-refractivity contribution >= 4 is 29.9 Å². The highest BCUT2D eigenvalue weighted by Crippen LogP contribution is 2.08. The van der Waals surface area contributed by atoms with Gasteiger partial charge in [0.2, 0.25) is 0 Å². The third kappa shape index (κ3) is 7.79. The molecule has 0 aliphatic carbocycles. The molecule has 0 radical (unpaired) electrons. The van der Waals surface area contributed by atoms with Gasteiger partial charge >= 0.3 is 0 Å². The van der Waals surface area contributed by atoms with E-state index in [1.54, 1.807) is 6.07 Å². The van der Waals surface area contributed by atoms with Crippen LogP contribution in [0, 0.1) is 5.82 Å². The van der Waals surface area contributed by atoms with Gasteiger partial charge < -0.3 is 15.5 Å². The Hall–Kier alpha value is -0.890. The van der Waals surface area contributed by atoms with Crippen molar-refractivity contribution in [2.75, 3.05) is 39.3 Å². The highest BCUT2D eigenvalue weighted by atomic mass is 127. The topological polar surface area (TPSA) is 39.7 Å². The van der Waals surface area contributed by atoms with Crippen molar-refractivity contribution in [2.24, 2.45) is 4.99 Å². The minimum Gasteiger partial charge on any atom is -0.357 e. The zero-order valence-corrected chi connectivity index (χ0v) is 16.9. The summed E-state index contributed by atoms with van der Waals surface area (Å²) in [4.78, 5) is 7.10. The summed E-state index contributed by atoms with van der Waals surface area (Å²) in [6.45, 7) is 7.78. The van der Waals surface area contributed by atoms with E-state index in [2.05, 4.69) is 27.4 Å². The van der Waals surface area contributed by atoms with Gasteiger partial charge in [0, 0.05) is 19.6 Å². The molecule has 1 aliphatic heterocycles. The van der Waals surface area contributed by atoms with Crippen molar-refractivity contribution < 1.29 is 4.39 Å². The van der Waals surface area contributed by atoms with Gasteiger partial charge in [-0.05, 0) is 50.9 Å². The molecule has 1 heterocycles. The number of piperidine rings is 1. The Bertz CT molecular complexity index is 490. The summed E-state index contributed by atoms with van der Waals surface area (Å²) in [6, 6.07) is 6.93. The molecule has 1 fully saturated rings. The van der Waals surface area contributed by atoms with Crippen LogP contribution in [0.5, 0.6) is 0 Å². The van der Waals surface area contributed by atoms with E-state index in [0.717, 1.165) is 31.2 Å². The number of hydrogen-bond donors (Lipinski definition) is 2. The Morgan fingerprint density at radius 3 is 2.62 bits per heavy atom. The SMILES string of the molecule is CCNC(=NCCN1CCCCC1)NCCc1ccccc1F.I. The van der Waals surface area contributed by atoms with Crippen LogP contribution in [0.2, 0.25) is 0 Å². The molecule has 1 aromatic carbocycles. The van der Waals surface area contributed by atoms with Crippen LogP contribution in [0.1, 0.15) is 31.7 Å². The normalized spacial score (nSPS) is 15.7. The lowest BCUT2D eigenvalue weighted by atomic mass is 10.1. The van der Waals surface area contributed by atoms with Crippen LogP contribution in [0.25, 0.3) is 0 Å². The monoisotopic (exact) mass is 448 g/mol. The summed E-state index contributed by atoms with van der Waals surface area (Å²) in [5, 5.41) is 6.54. The van der Waals surface area contributed by atoms with E-state index in [1.165, 1.54) is 38.4 Å². The molecule has 0 spiro atoms. The average Bonchev–Trinajstić information content (AvgIpc) is 2.57. The Kier molecular flexibility index (Phi) is 11.0. The first-order valence-electron chi connectivity index (χ1n) is 8.77. The van der Waals surface area contributed by atoms with E-state index < -0.39 is 0 Å². The standard InChI is InChI=1S/C18H29FN4.HI/c1-2-20-18(22-12-15-23-13-6-3-7-14-23)21-11-10-16-8-4-5-9-17(16)19;/h4-5,8-9H,2-3,6-7,10-15H2,1H3,(H2,20,21,22);1H. The maximum absolute atomic E-state index is 13.6. The zero-order valence-electron chi connectivity index (χ0n) is 14.6. The lowest BCUT2D eigenvalue weighted by Gasteiger charge is -2.25. The fourth-order valence-corrected chi connectivity index (χ4v) is 2.84.